The third kappa shape index (κ3) is 3.22. The molecule has 1 fully saturated rings. The van der Waals surface area contributed by atoms with Gasteiger partial charge in [0.2, 0.25) is 0 Å². The van der Waals surface area contributed by atoms with Gasteiger partial charge in [0.25, 0.3) is 5.91 Å². The van der Waals surface area contributed by atoms with Crippen LogP contribution in [-0.4, -0.2) is 23.5 Å². The molecule has 18 heavy (non-hydrogen) atoms. The van der Waals surface area contributed by atoms with Crippen molar-refractivity contribution in [1.82, 2.24) is 10.3 Å². The summed E-state index contributed by atoms with van der Waals surface area (Å²) in [5.74, 6) is 1.32. The molecule has 1 saturated carbocycles. The molecule has 1 aromatic heterocycles. The number of pyridine rings is 1. The van der Waals surface area contributed by atoms with Crippen LogP contribution in [0.3, 0.4) is 0 Å². The van der Waals surface area contributed by atoms with E-state index in [0.717, 1.165) is 13.0 Å². The summed E-state index contributed by atoms with van der Waals surface area (Å²) < 4.78 is 0. The van der Waals surface area contributed by atoms with E-state index < -0.39 is 0 Å². The van der Waals surface area contributed by atoms with Crippen molar-refractivity contribution in [1.29, 1.82) is 0 Å². The number of carbonyl (C=O) groups excluding carboxylic acids is 1. The lowest BCUT2D eigenvalue weighted by Crippen LogP contribution is -2.34. The third-order valence-corrected chi connectivity index (χ3v) is 3.28. The van der Waals surface area contributed by atoms with Gasteiger partial charge in [0.05, 0.1) is 5.56 Å². The quantitative estimate of drug-likeness (QED) is 0.811. The van der Waals surface area contributed by atoms with Gasteiger partial charge in [0.15, 0.2) is 0 Å². The van der Waals surface area contributed by atoms with Crippen LogP contribution in [0.15, 0.2) is 18.3 Å². The molecule has 0 aliphatic heterocycles. The zero-order valence-electron chi connectivity index (χ0n) is 11.1. The first-order valence-electron chi connectivity index (χ1n) is 6.72. The molecule has 1 aliphatic rings. The molecule has 0 aromatic carbocycles. The van der Waals surface area contributed by atoms with Gasteiger partial charge < -0.3 is 10.6 Å². The smallest absolute Gasteiger partial charge is 0.255 e. The van der Waals surface area contributed by atoms with Crippen LogP contribution in [0.25, 0.3) is 0 Å². The van der Waals surface area contributed by atoms with E-state index in [0.29, 0.717) is 17.3 Å². The molecule has 1 aliphatic carbocycles. The first-order valence-corrected chi connectivity index (χ1v) is 6.72. The molecule has 2 N–H and O–H groups in total. The molecule has 1 amide bonds. The fourth-order valence-corrected chi connectivity index (χ4v) is 1.97. The highest BCUT2D eigenvalue weighted by atomic mass is 16.1. The second-order valence-corrected chi connectivity index (χ2v) is 4.93. The molecular weight excluding hydrogens is 226 g/mol. The Labute approximate surface area is 108 Å². The number of hydrogen-bond acceptors (Lipinski definition) is 3. The summed E-state index contributed by atoms with van der Waals surface area (Å²) in [6.45, 7) is 4.99. The van der Waals surface area contributed by atoms with Crippen LogP contribution in [0.1, 0.15) is 43.5 Å². The average molecular weight is 247 g/mol. The number of nitrogens with one attached hydrogen (secondary N) is 2. The summed E-state index contributed by atoms with van der Waals surface area (Å²) >= 11 is 0. The zero-order valence-corrected chi connectivity index (χ0v) is 11.1. The van der Waals surface area contributed by atoms with E-state index >= 15 is 0 Å². The van der Waals surface area contributed by atoms with Gasteiger partial charge in [-0.05, 0) is 44.2 Å². The van der Waals surface area contributed by atoms with Gasteiger partial charge in [0.1, 0.15) is 5.82 Å². The van der Waals surface area contributed by atoms with Gasteiger partial charge >= 0.3 is 0 Å². The van der Waals surface area contributed by atoms with Gasteiger partial charge in [-0.1, -0.05) is 6.92 Å². The van der Waals surface area contributed by atoms with Crippen molar-refractivity contribution < 1.29 is 4.79 Å². The van der Waals surface area contributed by atoms with E-state index in [4.69, 9.17) is 0 Å². The minimum absolute atomic E-state index is 0.0268. The van der Waals surface area contributed by atoms with E-state index in [1.807, 2.05) is 6.07 Å². The molecule has 1 aromatic rings. The summed E-state index contributed by atoms with van der Waals surface area (Å²) in [5.41, 5.74) is 0.637. The maximum Gasteiger partial charge on any atom is 0.255 e. The predicted octanol–water partition coefficient (Wildman–Crippen LogP) is 2.43. The number of rotatable bonds is 6. The number of aromatic nitrogens is 1. The van der Waals surface area contributed by atoms with Crippen LogP contribution in [0.2, 0.25) is 0 Å². The predicted molar refractivity (Wildman–Crippen MR) is 72.7 cm³/mol. The van der Waals surface area contributed by atoms with E-state index in [1.54, 1.807) is 12.3 Å². The molecule has 1 unspecified atom stereocenters. The first kappa shape index (κ1) is 12.9. The number of anilines is 1. The molecule has 0 bridgehead atoms. The summed E-state index contributed by atoms with van der Waals surface area (Å²) in [6.07, 6.45) is 5.18. The first-order chi connectivity index (χ1) is 8.72. The second-order valence-electron chi connectivity index (χ2n) is 4.93. The van der Waals surface area contributed by atoms with Crippen molar-refractivity contribution in [2.75, 3.05) is 11.9 Å². The molecular formula is C14H21N3O. The van der Waals surface area contributed by atoms with Crippen molar-refractivity contribution in [3.8, 4) is 0 Å². The van der Waals surface area contributed by atoms with E-state index in [-0.39, 0.29) is 11.9 Å². The van der Waals surface area contributed by atoms with Crippen LogP contribution in [0.4, 0.5) is 5.82 Å². The normalized spacial score (nSPS) is 16.1. The minimum Gasteiger partial charge on any atom is -0.369 e. The van der Waals surface area contributed by atoms with E-state index in [1.165, 1.54) is 12.8 Å². The van der Waals surface area contributed by atoms with E-state index in [9.17, 15) is 4.79 Å². The Balaban J connectivity index is 2.03. The second kappa shape index (κ2) is 5.85. The molecule has 0 radical (unpaired) electrons. The Bertz CT molecular complexity index is 415. The lowest BCUT2D eigenvalue weighted by Gasteiger charge is -2.15. The summed E-state index contributed by atoms with van der Waals surface area (Å²) in [4.78, 5) is 16.4. The summed E-state index contributed by atoms with van der Waals surface area (Å²) in [7, 11) is 0. The maximum absolute atomic E-state index is 12.2. The summed E-state index contributed by atoms with van der Waals surface area (Å²) in [6, 6.07) is 3.88. The van der Waals surface area contributed by atoms with Gasteiger partial charge in [0, 0.05) is 18.8 Å². The highest BCUT2D eigenvalue weighted by Crippen LogP contribution is 2.32. The maximum atomic E-state index is 12.2. The zero-order chi connectivity index (χ0) is 13.0. The average Bonchev–Trinajstić information content (AvgIpc) is 3.20. The third-order valence-electron chi connectivity index (χ3n) is 3.28. The number of hydrogen-bond donors (Lipinski definition) is 2. The molecule has 2 rings (SSSR count). The molecule has 1 atom stereocenters. The van der Waals surface area contributed by atoms with Crippen LogP contribution in [-0.2, 0) is 0 Å². The number of nitrogens with zero attached hydrogens (tertiary/aromatic N) is 1. The van der Waals surface area contributed by atoms with Crippen molar-refractivity contribution in [3.05, 3.63) is 23.9 Å². The molecule has 0 saturated heterocycles. The van der Waals surface area contributed by atoms with Gasteiger partial charge in [-0.3, -0.25) is 4.79 Å². The topological polar surface area (TPSA) is 54.0 Å². The minimum atomic E-state index is -0.0268. The SMILES string of the molecule is CCCNc1ncccc1C(=O)NC(C)C1CC1. The Morgan fingerprint density at radius 3 is 3.00 bits per heavy atom. The molecule has 0 spiro atoms. The number of amides is 1. The van der Waals surface area contributed by atoms with Gasteiger partial charge in [-0.15, -0.1) is 0 Å². The molecule has 1 heterocycles. The number of carbonyl (C=O) groups is 1. The Morgan fingerprint density at radius 2 is 2.33 bits per heavy atom. The van der Waals surface area contributed by atoms with Crippen molar-refractivity contribution in [2.24, 2.45) is 5.92 Å². The molecule has 98 valence electrons. The van der Waals surface area contributed by atoms with Crippen LogP contribution < -0.4 is 10.6 Å². The highest BCUT2D eigenvalue weighted by molar-refractivity contribution is 5.98. The fraction of sp³-hybridized carbons (Fsp3) is 0.571. The lowest BCUT2D eigenvalue weighted by molar-refractivity contribution is 0.0936. The van der Waals surface area contributed by atoms with Crippen LogP contribution in [0.5, 0.6) is 0 Å². The van der Waals surface area contributed by atoms with Gasteiger partial charge in [-0.2, -0.15) is 0 Å². The monoisotopic (exact) mass is 247 g/mol. The van der Waals surface area contributed by atoms with Crippen LogP contribution >= 0.6 is 0 Å². The highest BCUT2D eigenvalue weighted by Gasteiger charge is 2.29. The lowest BCUT2D eigenvalue weighted by atomic mass is 10.2. The van der Waals surface area contributed by atoms with Gasteiger partial charge in [-0.25, -0.2) is 4.98 Å². The Hall–Kier alpha value is -1.58. The Kier molecular flexibility index (Phi) is 4.18. The van der Waals surface area contributed by atoms with Crippen LogP contribution in [0, 0.1) is 5.92 Å². The van der Waals surface area contributed by atoms with E-state index in [2.05, 4.69) is 29.5 Å². The standard InChI is InChI=1S/C14H21N3O/c1-3-8-15-13-12(5-4-9-16-13)14(18)17-10(2)11-6-7-11/h4-5,9-11H,3,6-8H2,1-2H3,(H,15,16)(H,17,18). The fourth-order valence-electron chi connectivity index (χ4n) is 1.97. The van der Waals surface area contributed by atoms with Crippen molar-refractivity contribution in [3.63, 3.8) is 0 Å². The van der Waals surface area contributed by atoms with Crippen molar-refractivity contribution in [2.45, 2.75) is 39.2 Å². The molecule has 4 heteroatoms. The summed E-state index contributed by atoms with van der Waals surface area (Å²) in [5, 5.41) is 6.25. The Morgan fingerprint density at radius 1 is 1.56 bits per heavy atom. The largest absolute Gasteiger partial charge is 0.369 e. The molecule has 4 nitrogen and oxygen atoms in total. The van der Waals surface area contributed by atoms with Crippen molar-refractivity contribution >= 4 is 11.7 Å².